The molecule has 106 valence electrons. The Labute approximate surface area is 114 Å². The molecule has 0 atom stereocenters. The molecule has 0 amide bonds. The van der Waals surface area contributed by atoms with Gasteiger partial charge < -0.3 is 15.4 Å². The maximum Gasteiger partial charge on any atom is 0.323 e. The number of rotatable bonds is 7. The van der Waals surface area contributed by atoms with E-state index in [1.54, 1.807) is 0 Å². The topological polar surface area (TPSA) is 77.2 Å². The molecule has 0 unspecified atom stereocenters. The van der Waals surface area contributed by atoms with E-state index in [-0.39, 0.29) is 5.95 Å². The molecular formula is C13H23N5O. The van der Waals surface area contributed by atoms with Crippen LogP contribution in [0.25, 0.3) is 0 Å². The van der Waals surface area contributed by atoms with Gasteiger partial charge in [-0.1, -0.05) is 20.8 Å². The number of anilines is 2. The van der Waals surface area contributed by atoms with Crippen LogP contribution in [-0.2, 0) is 0 Å². The molecule has 2 rings (SSSR count). The normalized spacial score (nSPS) is 14.7. The highest BCUT2D eigenvalue weighted by Gasteiger charge is 2.31. The van der Waals surface area contributed by atoms with Gasteiger partial charge in [-0.05, 0) is 25.2 Å². The lowest BCUT2D eigenvalue weighted by molar-refractivity contribution is 0.291. The monoisotopic (exact) mass is 265 g/mol. The molecule has 1 heterocycles. The minimum Gasteiger partial charge on any atom is -0.463 e. The van der Waals surface area contributed by atoms with Crippen LogP contribution in [-0.4, -0.2) is 34.1 Å². The Morgan fingerprint density at radius 3 is 2.63 bits per heavy atom. The summed E-state index contributed by atoms with van der Waals surface area (Å²) >= 11 is 0. The third-order valence-electron chi connectivity index (χ3n) is 2.86. The quantitative estimate of drug-likeness (QED) is 0.811. The summed E-state index contributed by atoms with van der Waals surface area (Å²) in [6, 6.07) is 0.877. The fourth-order valence-corrected chi connectivity index (χ4v) is 1.92. The highest BCUT2D eigenvalue weighted by atomic mass is 16.5. The van der Waals surface area contributed by atoms with Gasteiger partial charge in [0.05, 0.1) is 6.61 Å². The molecule has 0 aliphatic heterocycles. The van der Waals surface area contributed by atoms with E-state index >= 15 is 0 Å². The number of nitrogens with zero attached hydrogens (tertiary/aromatic N) is 4. The Morgan fingerprint density at radius 2 is 2.05 bits per heavy atom. The predicted octanol–water partition coefficient (Wildman–Crippen LogP) is 1.87. The lowest BCUT2D eigenvalue weighted by atomic mass is 10.2. The summed E-state index contributed by atoms with van der Waals surface area (Å²) in [5.41, 5.74) is 5.75. The number of aromatic nitrogens is 3. The summed E-state index contributed by atoms with van der Waals surface area (Å²) < 4.78 is 5.46. The smallest absolute Gasteiger partial charge is 0.323 e. The third-order valence-corrected chi connectivity index (χ3v) is 2.86. The van der Waals surface area contributed by atoms with Gasteiger partial charge >= 0.3 is 6.01 Å². The van der Waals surface area contributed by atoms with E-state index in [0.29, 0.717) is 30.5 Å². The van der Waals surface area contributed by atoms with Crippen LogP contribution in [0, 0.1) is 5.92 Å². The second-order valence-electron chi connectivity index (χ2n) is 5.40. The van der Waals surface area contributed by atoms with E-state index < -0.39 is 0 Å². The minimum absolute atomic E-state index is 0.227. The average Bonchev–Trinajstić information content (AvgIpc) is 3.16. The van der Waals surface area contributed by atoms with E-state index in [4.69, 9.17) is 10.5 Å². The van der Waals surface area contributed by atoms with E-state index in [0.717, 1.165) is 13.0 Å². The number of nitrogens with two attached hydrogens (primary N) is 1. The molecule has 1 aliphatic rings. The van der Waals surface area contributed by atoms with Crippen LogP contribution in [0.1, 0.15) is 40.0 Å². The van der Waals surface area contributed by atoms with E-state index in [9.17, 15) is 0 Å². The fourth-order valence-electron chi connectivity index (χ4n) is 1.92. The van der Waals surface area contributed by atoms with Gasteiger partial charge in [-0.25, -0.2) is 0 Å². The van der Waals surface area contributed by atoms with E-state index in [1.807, 2.05) is 6.92 Å². The highest BCUT2D eigenvalue weighted by Crippen LogP contribution is 2.31. The number of hydrogen-bond acceptors (Lipinski definition) is 6. The molecule has 1 aromatic heterocycles. The van der Waals surface area contributed by atoms with Gasteiger partial charge in [0.2, 0.25) is 11.9 Å². The minimum atomic E-state index is 0.227. The first-order valence-corrected chi connectivity index (χ1v) is 7.01. The van der Waals surface area contributed by atoms with Gasteiger partial charge in [0.1, 0.15) is 0 Å². The Bertz CT molecular complexity index is 419. The van der Waals surface area contributed by atoms with Gasteiger partial charge in [0.25, 0.3) is 0 Å². The maximum atomic E-state index is 5.75. The molecule has 1 fully saturated rings. The molecular weight excluding hydrogens is 242 g/mol. The second kappa shape index (κ2) is 6.04. The predicted molar refractivity (Wildman–Crippen MR) is 75.2 cm³/mol. The molecule has 1 aromatic rings. The van der Waals surface area contributed by atoms with Crippen molar-refractivity contribution in [2.45, 2.75) is 46.1 Å². The summed E-state index contributed by atoms with van der Waals surface area (Å²) in [7, 11) is 0. The van der Waals surface area contributed by atoms with E-state index in [2.05, 4.69) is 33.7 Å². The average molecular weight is 265 g/mol. The first kappa shape index (κ1) is 13.8. The fraction of sp³-hybridized carbons (Fsp3) is 0.769. The van der Waals surface area contributed by atoms with Crippen LogP contribution in [0.3, 0.4) is 0 Å². The van der Waals surface area contributed by atoms with Gasteiger partial charge in [-0.15, -0.1) is 0 Å². The summed E-state index contributed by atoms with van der Waals surface area (Å²) in [4.78, 5) is 14.9. The zero-order valence-corrected chi connectivity index (χ0v) is 12.0. The van der Waals surface area contributed by atoms with Crippen molar-refractivity contribution in [2.24, 2.45) is 5.92 Å². The summed E-state index contributed by atoms with van der Waals surface area (Å²) in [5, 5.41) is 0. The maximum absolute atomic E-state index is 5.75. The molecule has 1 aliphatic carbocycles. The SMILES string of the molecule is CCCOc1nc(N)nc(N(CC(C)C)C2CC2)n1. The highest BCUT2D eigenvalue weighted by molar-refractivity contribution is 5.38. The van der Waals surface area contributed by atoms with Crippen LogP contribution in [0.15, 0.2) is 0 Å². The molecule has 6 heteroatoms. The lowest BCUT2D eigenvalue weighted by Gasteiger charge is -2.24. The standard InChI is InChI=1S/C13H23N5O/c1-4-7-19-13-16-11(14)15-12(17-13)18(8-9(2)3)10-5-6-10/h9-10H,4-8H2,1-3H3,(H2,14,15,16,17). The second-order valence-corrected chi connectivity index (χ2v) is 5.40. The lowest BCUT2D eigenvalue weighted by Crippen LogP contribution is -2.32. The molecule has 2 N–H and O–H groups in total. The third kappa shape index (κ3) is 3.94. The zero-order valence-electron chi connectivity index (χ0n) is 12.0. The largest absolute Gasteiger partial charge is 0.463 e. The van der Waals surface area contributed by atoms with Crippen LogP contribution in [0.2, 0.25) is 0 Å². The molecule has 19 heavy (non-hydrogen) atoms. The van der Waals surface area contributed by atoms with Crippen LogP contribution in [0.4, 0.5) is 11.9 Å². The Hall–Kier alpha value is -1.59. The first-order chi connectivity index (χ1) is 9.10. The van der Waals surface area contributed by atoms with Crippen LogP contribution >= 0.6 is 0 Å². The molecule has 0 bridgehead atoms. The number of ether oxygens (including phenoxy) is 1. The molecule has 0 radical (unpaired) electrons. The van der Waals surface area contributed by atoms with Crippen molar-refractivity contribution in [1.82, 2.24) is 15.0 Å². The first-order valence-electron chi connectivity index (χ1n) is 7.01. The number of hydrogen-bond donors (Lipinski definition) is 1. The molecule has 0 spiro atoms. The molecule has 0 saturated heterocycles. The van der Waals surface area contributed by atoms with Crippen molar-refractivity contribution >= 4 is 11.9 Å². The zero-order chi connectivity index (χ0) is 13.8. The Kier molecular flexibility index (Phi) is 4.39. The van der Waals surface area contributed by atoms with Crippen LogP contribution < -0.4 is 15.4 Å². The van der Waals surface area contributed by atoms with Crippen molar-refractivity contribution in [3.8, 4) is 6.01 Å². The molecule has 0 aromatic carbocycles. The molecule has 6 nitrogen and oxygen atoms in total. The van der Waals surface area contributed by atoms with E-state index in [1.165, 1.54) is 12.8 Å². The van der Waals surface area contributed by atoms with Gasteiger partial charge in [0, 0.05) is 12.6 Å². The van der Waals surface area contributed by atoms with Crippen molar-refractivity contribution < 1.29 is 4.74 Å². The van der Waals surface area contributed by atoms with Gasteiger partial charge in [-0.3, -0.25) is 0 Å². The van der Waals surface area contributed by atoms with Crippen molar-refractivity contribution in [1.29, 1.82) is 0 Å². The summed E-state index contributed by atoms with van der Waals surface area (Å²) in [6.45, 7) is 7.95. The van der Waals surface area contributed by atoms with Crippen molar-refractivity contribution in [3.63, 3.8) is 0 Å². The van der Waals surface area contributed by atoms with Gasteiger partial charge in [-0.2, -0.15) is 15.0 Å². The van der Waals surface area contributed by atoms with Crippen molar-refractivity contribution in [2.75, 3.05) is 23.8 Å². The van der Waals surface area contributed by atoms with Gasteiger partial charge in [0.15, 0.2) is 0 Å². The summed E-state index contributed by atoms with van der Waals surface area (Å²) in [5.74, 6) is 1.43. The molecule has 1 saturated carbocycles. The Morgan fingerprint density at radius 1 is 1.32 bits per heavy atom. The van der Waals surface area contributed by atoms with Crippen molar-refractivity contribution in [3.05, 3.63) is 0 Å². The number of nitrogen functional groups attached to an aromatic ring is 1. The van der Waals surface area contributed by atoms with Crippen LogP contribution in [0.5, 0.6) is 6.01 Å². The Balaban J connectivity index is 2.18. The summed E-state index contributed by atoms with van der Waals surface area (Å²) in [6.07, 6.45) is 3.31.